The van der Waals surface area contributed by atoms with E-state index in [0.717, 1.165) is 19.5 Å². The van der Waals surface area contributed by atoms with Gasteiger partial charge in [-0.05, 0) is 24.4 Å². The second-order valence-electron chi connectivity index (χ2n) is 4.82. The van der Waals surface area contributed by atoms with E-state index < -0.39 is 0 Å². The normalized spacial score (nSPS) is 12.7. The quantitative estimate of drug-likeness (QED) is 0.748. The number of hydrogen-bond acceptors (Lipinski definition) is 2. The van der Waals surface area contributed by atoms with Crippen LogP contribution in [0.25, 0.3) is 0 Å². The summed E-state index contributed by atoms with van der Waals surface area (Å²) < 4.78 is 0. The molecular formula is C15H22N2. The standard InChI is InChI=1S/C15H22N2/c1-4-17(15(11-16)10-13(2)3)12-14-8-6-5-7-9-14/h5-9,13,15H,4,10,12H2,1-3H3. The first-order valence-electron chi connectivity index (χ1n) is 6.35. The Labute approximate surface area is 105 Å². The van der Waals surface area contributed by atoms with Crippen LogP contribution in [0.15, 0.2) is 30.3 Å². The van der Waals surface area contributed by atoms with E-state index in [1.165, 1.54) is 5.56 Å². The molecular weight excluding hydrogens is 208 g/mol. The summed E-state index contributed by atoms with van der Waals surface area (Å²) in [6, 6.07) is 12.8. The van der Waals surface area contributed by atoms with Crippen LogP contribution in [-0.4, -0.2) is 17.5 Å². The first-order chi connectivity index (χ1) is 8.17. The molecule has 0 bridgehead atoms. The lowest BCUT2D eigenvalue weighted by Crippen LogP contribution is -2.34. The molecule has 0 aliphatic carbocycles. The molecule has 2 nitrogen and oxygen atoms in total. The zero-order valence-electron chi connectivity index (χ0n) is 11.1. The zero-order valence-corrected chi connectivity index (χ0v) is 11.1. The molecule has 0 radical (unpaired) electrons. The van der Waals surface area contributed by atoms with E-state index >= 15 is 0 Å². The Morgan fingerprint density at radius 2 is 1.88 bits per heavy atom. The number of nitrogens with zero attached hydrogens (tertiary/aromatic N) is 2. The monoisotopic (exact) mass is 230 g/mol. The highest BCUT2D eigenvalue weighted by atomic mass is 15.1. The molecule has 0 amide bonds. The molecule has 0 fully saturated rings. The van der Waals surface area contributed by atoms with E-state index in [0.29, 0.717) is 5.92 Å². The summed E-state index contributed by atoms with van der Waals surface area (Å²) in [5.41, 5.74) is 1.28. The van der Waals surface area contributed by atoms with Gasteiger partial charge >= 0.3 is 0 Å². The molecule has 1 aromatic rings. The minimum absolute atomic E-state index is 0.0280. The van der Waals surface area contributed by atoms with Gasteiger partial charge in [-0.3, -0.25) is 4.90 Å². The topological polar surface area (TPSA) is 27.0 Å². The van der Waals surface area contributed by atoms with Crippen LogP contribution >= 0.6 is 0 Å². The minimum atomic E-state index is 0.0280. The van der Waals surface area contributed by atoms with Gasteiger partial charge in [-0.15, -0.1) is 0 Å². The second kappa shape index (κ2) is 7.09. The van der Waals surface area contributed by atoms with Crippen LogP contribution in [0.3, 0.4) is 0 Å². The molecule has 92 valence electrons. The first-order valence-corrected chi connectivity index (χ1v) is 6.35. The fraction of sp³-hybridized carbons (Fsp3) is 0.533. The van der Waals surface area contributed by atoms with Gasteiger partial charge in [-0.2, -0.15) is 5.26 Å². The molecule has 1 unspecified atom stereocenters. The van der Waals surface area contributed by atoms with E-state index in [-0.39, 0.29) is 6.04 Å². The third kappa shape index (κ3) is 4.58. The van der Waals surface area contributed by atoms with Gasteiger partial charge in [0.05, 0.1) is 12.1 Å². The van der Waals surface area contributed by atoms with E-state index in [1.807, 2.05) is 18.2 Å². The number of rotatable bonds is 6. The lowest BCUT2D eigenvalue weighted by Gasteiger charge is -2.26. The summed E-state index contributed by atoms with van der Waals surface area (Å²) in [5, 5.41) is 9.26. The van der Waals surface area contributed by atoms with E-state index in [2.05, 4.69) is 43.9 Å². The Kier molecular flexibility index (Phi) is 5.72. The summed E-state index contributed by atoms with van der Waals surface area (Å²) in [7, 11) is 0. The van der Waals surface area contributed by atoms with Crippen LogP contribution in [-0.2, 0) is 6.54 Å². The Hall–Kier alpha value is -1.33. The minimum Gasteiger partial charge on any atom is -0.284 e. The molecule has 0 spiro atoms. The molecule has 2 heteroatoms. The number of benzene rings is 1. The third-order valence-electron chi connectivity index (χ3n) is 2.92. The Morgan fingerprint density at radius 3 is 2.35 bits per heavy atom. The van der Waals surface area contributed by atoms with Gasteiger partial charge in [0, 0.05) is 6.54 Å². The van der Waals surface area contributed by atoms with Crippen molar-refractivity contribution in [1.29, 1.82) is 5.26 Å². The highest BCUT2D eigenvalue weighted by Crippen LogP contribution is 2.14. The molecule has 0 aliphatic rings. The molecule has 0 aromatic heterocycles. The fourth-order valence-corrected chi connectivity index (χ4v) is 1.99. The van der Waals surface area contributed by atoms with Gasteiger partial charge in [0.1, 0.15) is 0 Å². The smallest absolute Gasteiger partial charge is 0.0983 e. The average Bonchev–Trinajstić information content (AvgIpc) is 2.34. The lowest BCUT2D eigenvalue weighted by atomic mass is 10.0. The van der Waals surface area contributed by atoms with Crippen molar-refractivity contribution in [2.45, 2.75) is 39.8 Å². The van der Waals surface area contributed by atoms with Gasteiger partial charge in [-0.25, -0.2) is 0 Å². The van der Waals surface area contributed by atoms with Crippen molar-refractivity contribution in [3.63, 3.8) is 0 Å². The van der Waals surface area contributed by atoms with Crippen molar-refractivity contribution < 1.29 is 0 Å². The molecule has 0 aliphatic heterocycles. The molecule has 0 N–H and O–H groups in total. The predicted octanol–water partition coefficient (Wildman–Crippen LogP) is 3.45. The van der Waals surface area contributed by atoms with Gasteiger partial charge in [0.2, 0.25) is 0 Å². The maximum atomic E-state index is 9.26. The van der Waals surface area contributed by atoms with Crippen molar-refractivity contribution in [3.8, 4) is 6.07 Å². The molecule has 1 atom stereocenters. The van der Waals surface area contributed by atoms with Gasteiger partial charge in [-0.1, -0.05) is 51.1 Å². The summed E-state index contributed by atoms with van der Waals surface area (Å²) in [6.07, 6.45) is 0.942. The first kappa shape index (κ1) is 13.7. The Balaban J connectivity index is 2.67. The van der Waals surface area contributed by atoms with Gasteiger partial charge < -0.3 is 0 Å². The van der Waals surface area contributed by atoms with E-state index in [9.17, 15) is 5.26 Å². The van der Waals surface area contributed by atoms with Crippen LogP contribution in [0.4, 0.5) is 0 Å². The summed E-state index contributed by atoms with van der Waals surface area (Å²) >= 11 is 0. The molecule has 0 saturated carbocycles. The molecule has 1 rings (SSSR count). The number of nitriles is 1. The van der Waals surface area contributed by atoms with E-state index in [4.69, 9.17) is 0 Å². The van der Waals surface area contributed by atoms with Crippen LogP contribution in [0.2, 0.25) is 0 Å². The van der Waals surface area contributed by atoms with Crippen LogP contribution in [0.1, 0.15) is 32.8 Å². The Morgan fingerprint density at radius 1 is 1.24 bits per heavy atom. The van der Waals surface area contributed by atoms with Crippen molar-refractivity contribution in [1.82, 2.24) is 4.90 Å². The summed E-state index contributed by atoms with van der Waals surface area (Å²) in [4.78, 5) is 2.25. The predicted molar refractivity (Wildman–Crippen MR) is 71.4 cm³/mol. The Bertz CT molecular complexity index is 351. The van der Waals surface area contributed by atoms with E-state index in [1.54, 1.807) is 0 Å². The van der Waals surface area contributed by atoms with Gasteiger partial charge in [0.15, 0.2) is 0 Å². The molecule has 0 saturated heterocycles. The van der Waals surface area contributed by atoms with Crippen LogP contribution < -0.4 is 0 Å². The van der Waals surface area contributed by atoms with Crippen LogP contribution in [0, 0.1) is 17.2 Å². The van der Waals surface area contributed by atoms with Gasteiger partial charge in [0.25, 0.3) is 0 Å². The average molecular weight is 230 g/mol. The van der Waals surface area contributed by atoms with Crippen molar-refractivity contribution in [2.75, 3.05) is 6.54 Å². The van der Waals surface area contributed by atoms with Crippen LogP contribution in [0.5, 0.6) is 0 Å². The largest absolute Gasteiger partial charge is 0.284 e. The lowest BCUT2D eigenvalue weighted by molar-refractivity contribution is 0.213. The third-order valence-corrected chi connectivity index (χ3v) is 2.92. The van der Waals surface area contributed by atoms with Crippen molar-refractivity contribution >= 4 is 0 Å². The SMILES string of the molecule is CCN(Cc1ccccc1)C(C#N)CC(C)C. The zero-order chi connectivity index (χ0) is 12.7. The maximum absolute atomic E-state index is 9.26. The second-order valence-corrected chi connectivity index (χ2v) is 4.82. The fourth-order valence-electron chi connectivity index (χ4n) is 1.99. The van der Waals surface area contributed by atoms with Crippen molar-refractivity contribution in [3.05, 3.63) is 35.9 Å². The highest BCUT2D eigenvalue weighted by molar-refractivity contribution is 5.15. The number of hydrogen-bond donors (Lipinski definition) is 0. The highest BCUT2D eigenvalue weighted by Gasteiger charge is 2.17. The molecule has 1 aromatic carbocycles. The summed E-state index contributed by atoms with van der Waals surface area (Å²) in [5.74, 6) is 0.560. The molecule has 17 heavy (non-hydrogen) atoms. The maximum Gasteiger partial charge on any atom is 0.0983 e. The van der Waals surface area contributed by atoms with Crippen molar-refractivity contribution in [2.24, 2.45) is 5.92 Å². The summed E-state index contributed by atoms with van der Waals surface area (Å²) in [6.45, 7) is 8.23. The molecule has 0 heterocycles.